The van der Waals surface area contributed by atoms with Gasteiger partial charge in [0.1, 0.15) is 5.82 Å². The van der Waals surface area contributed by atoms with Crippen LogP contribution in [0.1, 0.15) is 13.3 Å². The molecular formula is C9H11BrN2O. The van der Waals surface area contributed by atoms with Crippen molar-refractivity contribution in [3.05, 3.63) is 22.8 Å². The number of halogens is 1. The Morgan fingerprint density at radius 2 is 2.38 bits per heavy atom. The average Bonchev–Trinajstić information content (AvgIpc) is 2.16. The molecule has 1 amide bonds. The van der Waals surface area contributed by atoms with Gasteiger partial charge in [0, 0.05) is 19.7 Å². The Labute approximate surface area is 85.9 Å². The minimum atomic E-state index is 0.0550. The number of amides is 1. The lowest BCUT2D eigenvalue weighted by atomic mass is 10.4. The van der Waals surface area contributed by atoms with Crippen molar-refractivity contribution in [2.24, 2.45) is 0 Å². The summed E-state index contributed by atoms with van der Waals surface area (Å²) in [6.07, 6.45) is 2.15. The number of anilines is 1. The molecule has 0 N–H and O–H groups in total. The SMILES string of the molecule is CCC(=O)N(C)c1ncccc1Br. The molecule has 1 rings (SSSR count). The molecule has 13 heavy (non-hydrogen) atoms. The second kappa shape index (κ2) is 4.37. The zero-order valence-electron chi connectivity index (χ0n) is 7.62. The third kappa shape index (κ3) is 2.28. The van der Waals surface area contributed by atoms with E-state index in [1.54, 1.807) is 18.1 Å². The van der Waals surface area contributed by atoms with Crippen molar-refractivity contribution in [2.75, 3.05) is 11.9 Å². The highest BCUT2D eigenvalue weighted by Gasteiger charge is 2.11. The summed E-state index contributed by atoms with van der Waals surface area (Å²) >= 11 is 3.34. The molecule has 0 saturated heterocycles. The Kier molecular flexibility index (Phi) is 3.42. The van der Waals surface area contributed by atoms with E-state index in [1.807, 2.05) is 19.1 Å². The molecule has 0 saturated carbocycles. The number of pyridine rings is 1. The highest BCUT2D eigenvalue weighted by atomic mass is 79.9. The van der Waals surface area contributed by atoms with Crippen LogP contribution in [0.3, 0.4) is 0 Å². The van der Waals surface area contributed by atoms with E-state index in [4.69, 9.17) is 0 Å². The van der Waals surface area contributed by atoms with Crippen molar-refractivity contribution in [3.8, 4) is 0 Å². The van der Waals surface area contributed by atoms with Crippen molar-refractivity contribution in [1.82, 2.24) is 4.98 Å². The summed E-state index contributed by atoms with van der Waals surface area (Å²) in [7, 11) is 1.72. The molecule has 0 unspecified atom stereocenters. The first-order chi connectivity index (χ1) is 6.16. The van der Waals surface area contributed by atoms with Crippen LogP contribution in [0.4, 0.5) is 5.82 Å². The molecule has 0 aromatic carbocycles. The highest BCUT2D eigenvalue weighted by Crippen LogP contribution is 2.21. The molecule has 70 valence electrons. The second-order valence-electron chi connectivity index (χ2n) is 2.62. The van der Waals surface area contributed by atoms with E-state index in [1.165, 1.54) is 0 Å². The zero-order valence-corrected chi connectivity index (χ0v) is 9.21. The maximum absolute atomic E-state index is 11.3. The fourth-order valence-electron chi connectivity index (χ4n) is 0.979. The first kappa shape index (κ1) is 10.2. The number of hydrogen-bond acceptors (Lipinski definition) is 2. The third-order valence-electron chi connectivity index (χ3n) is 1.73. The van der Waals surface area contributed by atoms with E-state index in [9.17, 15) is 4.79 Å². The number of carbonyl (C=O) groups excluding carboxylic acids is 1. The van der Waals surface area contributed by atoms with E-state index < -0.39 is 0 Å². The molecule has 1 heterocycles. The molecule has 3 nitrogen and oxygen atoms in total. The summed E-state index contributed by atoms with van der Waals surface area (Å²) in [5.41, 5.74) is 0. The third-order valence-corrected chi connectivity index (χ3v) is 2.35. The van der Waals surface area contributed by atoms with Gasteiger partial charge >= 0.3 is 0 Å². The van der Waals surface area contributed by atoms with Crippen molar-refractivity contribution in [2.45, 2.75) is 13.3 Å². The van der Waals surface area contributed by atoms with Crippen molar-refractivity contribution < 1.29 is 4.79 Å². The van der Waals surface area contributed by atoms with E-state index >= 15 is 0 Å². The molecular weight excluding hydrogens is 232 g/mol. The molecule has 0 aliphatic carbocycles. The summed E-state index contributed by atoms with van der Waals surface area (Å²) in [6.45, 7) is 1.83. The topological polar surface area (TPSA) is 33.2 Å². The fraction of sp³-hybridized carbons (Fsp3) is 0.333. The maximum Gasteiger partial charge on any atom is 0.227 e. The van der Waals surface area contributed by atoms with Gasteiger partial charge in [0.15, 0.2) is 0 Å². The van der Waals surface area contributed by atoms with Crippen LogP contribution in [0.25, 0.3) is 0 Å². The Morgan fingerprint density at radius 3 is 2.92 bits per heavy atom. The van der Waals surface area contributed by atoms with Crippen molar-refractivity contribution in [3.63, 3.8) is 0 Å². The Bertz CT molecular complexity index is 314. The van der Waals surface area contributed by atoms with Gasteiger partial charge in [-0.1, -0.05) is 6.92 Å². The Balaban J connectivity index is 2.95. The van der Waals surface area contributed by atoms with E-state index in [-0.39, 0.29) is 5.91 Å². The van der Waals surface area contributed by atoms with Crippen molar-refractivity contribution in [1.29, 1.82) is 0 Å². The lowest BCUT2D eigenvalue weighted by Gasteiger charge is -2.16. The first-order valence-corrected chi connectivity index (χ1v) is 4.83. The van der Waals surface area contributed by atoms with Gasteiger partial charge in [0.2, 0.25) is 5.91 Å². The van der Waals surface area contributed by atoms with Gasteiger partial charge < -0.3 is 0 Å². The van der Waals surface area contributed by atoms with Gasteiger partial charge in [0.05, 0.1) is 4.47 Å². The summed E-state index contributed by atoms with van der Waals surface area (Å²) in [5.74, 6) is 0.716. The number of carbonyl (C=O) groups is 1. The molecule has 0 aliphatic rings. The van der Waals surface area contributed by atoms with Gasteiger partial charge in [-0.15, -0.1) is 0 Å². The highest BCUT2D eigenvalue weighted by molar-refractivity contribution is 9.10. The number of hydrogen-bond donors (Lipinski definition) is 0. The monoisotopic (exact) mass is 242 g/mol. The average molecular weight is 243 g/mol. The van der Waals surface area contributed by atoms with E-state index in [0.29, 0.717) is 12.2 Å². The molecule has 0 spiro atoms. The smallest absolute Gasteiger partial charge is 0.227 e. The minimum Gasteiger partial charge on any atom is -0.299 e. The van der Waals surface area contributed by atoms with Crippen LogP contribution in [0.15, 0.2) is 22.8 Å². The van der Waals surface area contributed by atoms with Crippen LogP contribution in [0.5, 0.6) is 0 Å². The van der Waals surface area contributed by atoms with Crippen LogP contribution < -0.4 is 4.90 Å². The number of nitrogens with zero attached hydrogens (tertiary/aromatic N) is 2. The molecule has 0 bridgehead atoms. The Morgan fingerprint density at radius 1 is 1.69 bits per heavy atom. The van der Waals surface area contributed by atoms with Crippen LogP contribution in [-0.4, -0.2) is 17.9 Å². The number of aromatic nitrogens is 1. The predicted octanol–water partition coefficient (Wildman–Crippen LogP) is 2.22. The molecule has 1 aromatic rings. The van der Waals surface area contributed by atoms with Gasteiger partial charge in [-0.2, -0.15) is 0 Å². The summed E-state index contributed by atoms with van der Waals surface area (Å²) in [5, 5.41) is 0. The molecule has 1 aromatic heterocycles. The van der Waals surface area contributed by atoms with Gasteiger partial charge in [0.25, 0.3) is 0 Å². The molecule has 0 fully saturated rings. The number of rotatable bonds is 2. The van der Waals surface area contributed by atoms with E-state index in [2.05, 4.69) is 20.9 Å². The normalized spacial score (nSPS) is 9.77. The quantitative estimate of drug-likeness (QED) is 0.797. The lowest BCUT2D eigenvalue weighted by molar-refractivity contribution is -0.118. The maximum atomic E-state index is 11.3. The summed E-state index contributed by atoms with van der Waals surface area (Å²) < 4.78 is 0.833. The second-order valence-corrected chi connectivity index (χ2v) is 3.47. The van der Waals surface area contributed by atoms with Gasteiger partial charge in [-0.25, -0.2) is 4.98 Å². The molecule has 4 heteroatoms. The molecule has 0 atom stereocenters. The zero-order chi connectivity index (χ0) is 9.84. The molecule has 0 aliphatic heterocycles. The van der Waals surface area contributed by atoms with Crippen LogP contribution in [0, 0.1) is 0 Å². The molecule has 0 radical (unpaired) electrons. The van der Waals surface area contributed by atoms with Gasteiger partial charge in [-0.05, 0) is 28.1 Å². The largest absolute Gasteiger partial charge is 0.299 e. The van der Waals surface area contributed by atoms with Crippen molar-refractivity contribution >= 4 is 27.7 Å². The standard InChI is InChI=1S/C9H11BrN2O/c1-3-8(13)12(2)9-7(10)5-4-6-11-9/h4-6H,3H2,1-2H3. The lowest BCUT2D eigenvalue weighted by Crippen LogP contribution is -2.26. The van der Waals surface area contributed by atoms with Gasteiger partial charge in [-0.3, -0.25) is 9.69 Å². The van der Waals surface area contributed by atoms with Crippen LogP contribution in [0.2, 0.25) is 0 Å². The first-order valence-electron chi connectivity index (χ1n) is 4.04. The Hall–Kier alpha value is -0.900. The minimum absolute atomic E-state index is 0.0550. The van der Waals surface area contributed by atoms with Crippen LogP contribution in [-0.2, 0) is 4.79 Å². The van der Waals surface area contributed by atoms with E-state index in [0.717, 1.165) is 4.47 Å². The predicted molar refractivity (Wildman–Crippen MR) is 55.6 cm³/mol. The summed E-state index contributed by atoms with van der Waals surface area (Å²) in [4.78, 5) is 17.0. The summed E-state index contributed by atoms with van der Waals surface area (Å²) in [6, 6.07) is 3.68. The van der Waals surface area contributed by atoms with Crippen LogP contribution >= 0.6 is 15.9 Å². The fourth-order valence-corrected chi connectivity index (χ4v) is 1.50.